The van der Waals surface area contributed by atoms with Gasteiger partial charge in [0.25, 0.3) is 0 Å². The average molecular weight is 1100 g/mol. The zero-order chi connectivity index (χ0) is 50.0. The van der Waals surface area contributed by atoms with Crippen LogP contribution >= 0.6 is 0 Å². The van der Waals surface area contributed by atoms with Crippen LogP contribution in [0, 0.1) is 38.2 Å². The second-order valence-corrected chi connectivity index (χ2v) is 30.3. The summed E-state index contributed by atoms with van der Waals surface area (Å²) in [5.41, 5.74) is 14.5. The molecule has 9 aromatic rings. The zero-order valence-corrected chi connectivity index (χ0v) is 44.1. The van der Waals surface area contributed by atoms with Gasteiger partial charge in [0.2, 0.25) is 0 Å². The topological polar surface area (TPSA) is 56.7 Å². The molecular formula is C58H62GeIrN4O-2. The first-order valence-electron chi connectivity index (χ1n) is 24.8. The van der Waals surface area contributed by atoms with Gasteiger partial charge in [-0.3, -0.25) is 9.97 Å². The molecule has 0 aliphatic heterocycles. The molecule has 5 nitrogen and oxygen atoms in total. The van der Waals surface area contributed by atoms with E-state index in [1.165, 1.54) is 39.6 Å². The van der Waals surface area contributed by atoms with Crippen molar-refractivity contribution in [3.8, 4) is 39.5 Å². The van der Waals surface area contributed by atoms with Crippen LogP contribution in [0.5, 0.6) is 0 Å². The molecule has 0 saturated carbocycles. The van der Waals surface area contributed by atoms with Gasteiger partial charge in [-0.25, -0.2) is 0 Å². The molecule has 335 valence electrons. The van der Waals surface area contributed by atoms with Crippen LogP contribution in [0.1, 0.15) is 101 Å². The molecule has 0 bridgehead atoms. The van der Waals surface area contributed by atoms with E-state index in [0.29, 0.717) is 16.8 Å². The van der Waals surface area contributed by atoms with Crippen molar-refractivity contribution in [2.75, 3.05) is 0 Å². The number of imidazole rings is 1. The van der Waals surface area contributed by atoms with E-state index in [-0.39, 0.29) is 37.5 Å². The van der Waals surface area contributed by atoms with Crippen molar-refractivity contribution >= 4 is 50.6 Å². The molecule has 65 heavy (non-hydrogen) atoms. The first-order chi connectivity index (χ1) is 32.4. The van der Waals surface area contributed by atoms with E-state index in [9.17, 15) is 0 Å². The second-order valence-electron chi connectivity index (χ2n) is 19.7. The third kappa shape index (κ3) is 10.0. The molecule has 0 unspecified atom stereocenters. The minimum Gasteiger partial charge on any atom is 0 e. The van der Waals surface area contributed by atoms with Crippen LogP contribution < -0.4 is 4.40 Å². The van der Waals surface area contributed by atoms with Crippen LogP contribution in [-0.2, 0) is 26.5 Å². The maximum Gasteiger partial charge on any atom is 0 e. The molecule has 0 aliphatic carbocycles. The Hall–Kier alpha value is -5.14. The molecule has 0 amide bonds. The fraction of sp³-hybridized carbons (Fsp3) is 0.293. The Morgan fingerprint density at radius 3 is 2.15 bits per heavy atom. The third-order valence-electron chi connectivity index (χ3n) is 11.6. The predicted molar refractivity (Wildman–Crippen MR) is 273 cm³/mol. The second kappa shape index (κ2) is 19.0. The summed E-state index contributed by atoms with van der Waals surface area (Å²) in [6.45, 7) is 16.9. The van der Waals surface area contributed by atoms with Crippen LogP contribution in [-0.4, -0.2) is 32.8 Å². The Morgan fingerprint density at radius 2 is 1.52 bits per heavy atom. The summed E-state index contributed by atoms with van der Waals surface area (Å²) in [5, 5.41) is 2.23. The SMILES string of the molecule is Cc1ccc2c(c1)oc1c(-c3nc4ccncc4n3-c3c(C(C)C)cc(-c4ccccc4)cc3C(C)C)[c-]cc(C)c12.[2H]C([2H])([2H])c1c[c-]c(-c2cc(C([2H])([2H])C(C)(C)C)[c]([Ge]([CH3])([CH3])[CH3])cn2)cc1.[Ir]. The Balaban J connectivity index is 0.000000225. The van der Waals surface area contributed by atoms with Crippen LogP contribution in [0.3, 0.4) is 0 Å². The molecule has 4 aromatic heterocycles. The van der Waals surface area contributed by atoms with Gasteiger partial charge < -0.3 is 8.98 Å². The predicted octanol–water partition coefficient (Wildman–Crippen LogP) is 15.3. The van der Waals surface area contributed by atoms with Gasteiger partial charge in [-0.15, -0.1) is 17.7 Å². The van der Waals surface area contributed by atoms with Gasteiger partial charge in [0, 0.05) is 37.4 Å². The van der Waals surface area contributed by atoms with E-state index < -0.39 is 31.9 Å². The molecule has 0 atom stereocenters. The summed E-state index contributed by atoms with van der Waals surface area (Å²) >= 11 is -2.36. The summed E-state index contributed by atoms with van der Waals surface area (Å²) in [5.74, 6) is 8.07. The smallest absolute Gasteiger partial charge is 0 e. The molecule has 1 radical (unpaired) electrons. The van der Waals surface area contributed by atoms with Crippen molar-refractivity contribution in [1.82, 2.24) is 19.5 Å². The first-order valence-corrected chi connectivity index (χ1v) is 29.7. The fourth-order valence-corrected chi connectivity index (χ4v) is 11.4. The Labute approximate surface area is 409 Å². The molecule has 0 N–H and O–H groups in total. The van der Waals surface area contributed by atoms with E-state index in [1.54, 1.807) is 12.1 Å². The van der Waals surface area contributed by atoms with Gasteiger partial charge in [-0.1, -0.05) is 88.0 Å². The molecule has 5 aromatic carbocycles. The number of benzene rings is 5. The van der Waals surface area contributed by atoms with Crippen molar-refractivity contribution in [3.63, 3.8) is 0 Å². The minimum atomic E-state index is -2.36. The van der Waals surface area contributed by atoms with Crippen molar-refractivity contribution in [2.24, 2.45) is 5.41 Å². The van der Waals surface area contributed by atoms with Crippen LogP contribution in [0.25, 0.3) is 72.4 Å². The van der Waals surface area contributed by atoms with E-state index >= 15 is 0 Å². The number of nitrogens with zero attached hydrogens (tertiary/aromatic N) is 4. The number of aryl methyl sites for hydroxylation is 3. The van der Waals surface area contributed by atoms with Gasteiger partial charge in [-0.2, -0.15) is 0 Å². The van der Waals surface area contributed by atoms with Crippen molar-refractivity contribution < 1.29 is 31.4 Å². The number of aromatic nitrogens is 4. The quantitative estimate of drug-likeness (QED) is 0.112. The summed E-state index contributed by atoms with van der Waals surface area (Å²) in [4.78, 5) is 14.4. The van der Waals surface area contributed by atoms with Crippen LogP contribution in [0.4, 0.5) is 0 Å². The number of hydrogen-bond donors (Lipinski definition) is 0. The van der Waals surface area contributed by atoms with Crippen LogP contribution in [0.15, 0.2) is 120 Å². The van der Waals surface area contributed by atoms with E-state index in [1.807, 2.05) is 51.5 Å². The van der Waals surface area contributed by atoms with Gasteiger partial charge >= 0.3 is 145 Å². The van der Waals surface area contributed by atoms with Gasteiger partial charge in [0.1, 0.15) is 5.58 Å². The Kier molecular flexibility index (Phi) is 12.1. The van der Waals surface area contributed by atoms with Gasteiger partial charge in [0.15, 0.2) is 0 Å². The number of hydrogen-bond acceptors (Lipinski definition) is 4. The standard InChI is InChI=1S/C38H34N3O.C20H28GeN.Ir/c1-22(2)30-19-27(26-10-8-7-9-11-26)20-31(23(3)4)36(30)41-33-21-39-17-16-32(33)40-38(41)29-15-13-25(6)35-28-14-12-24(5)18-34(28)42-37(29)35;1-15-8-10-16(11-9-15)19-12-17(13-20(2,3)4)18(14-22-19)21(5,6)7;/h7-14,16-23H,1-6H3;8-10,12,14H,13H2,1-7H3;/q2*-1;/i;1D3,13D2;. The molecule has 0 saturated heterocycles. The Morgan fingerprint density at radius 1 is 0.815 bits per heavy atom. The van der Waals surface area contributed by atoms with Crippen molar-refractivity contribution in [1.29, 1.82) is 0 Å². The molecule has 0 aliphatic rings. The molecule has 7 heteroatoms. The molecule has 0 fully saturated rings. The Bertz CT molecular complexity index is 3310. The normalized spacial score (nSPS) is 13.5. The summed E-state index contributed by atoms with van der Waals surface area (Å²) in [6.07, 6.45) is 4.04. The maximum absolute atomic E-state index is 8.80. The number of furan rings is 1. The van der Waals surface area contributed by atoms with Gasteiger partial charge in [0.05, 0.1) is 28.6 Å². The van der Waals surface area contributed by atoms with Gasteiger partial charge in [-0.05, 0) is 70.8 Å². The number of rotatable bonds is 8. The van der Waals surface area contributed by atoms with E-state index in [4.69, 9.17) is 16.3 Å². The molecule has 4 heterocycles. The van der Waals surface area contributed by atoms with Crippen molar-refractivity contribution in [3.05, 3.63) is 161 Å². The largest absolute Gasteiger partial charge is 0 e. The monoisotopic (exact) mass is 1100 g/mol. The fourth-order valence-electron chi connectivity index (χ4n) is 8.48. The summed E-state index contributed by atoms with van der Waals surface area (Å²) in [6, 6.07) is 39.0. The van der Waals surface area contributed by atoms with E-state index in [0.717, 1.165) is 54.3 Å². The molecular weight excluding hydrogens is 1030 g/mol. The zero-order valence-electron chi connectivity index (χ0n) is 44.7. The first kappa shape index (κ1) is 41.3. The third-order valence-corrected chi connectivity index (χ3v) is 15.9. The average Bonchev–Trinajstić information content (AvgIpc) is 3.87. The molecule has 9 rings (SSSR count). The minimum absolute atomic E-state index is 0. The van der Waals surface area contributed by atoms with E-state index in [2.05, 4.69) is 152 Å². The maximum atomic E-state index is 8.80. The van der Waals surface area contributed by atoms with Crippen LogP contribution in [0.2, 0.25) is 17.3 Å². The summed E-state index contributed by atoms with van der Waals surface area (Å²) in [7, 11) is 0. The number of pyridine rings is 2. The summed E-state index contributed by atoms with van der Waals surface area (Å²) < 4.78 is 50.0. The number of fused-ring (bicyclic) bond motifs is 4. The molecule has 0 spiro atoms. The van der Waals surface area contributed by atoms with Crippen molar-refractivity contribution in [2.45, 2.75) is 105 Å².